The van der Waals surface area contributed by atoms with E-state index < -0.39 is 17.6 Å². The highest BCUT2D eigenvalue weighted by molar-refractivity contribution is 6.19. The average molecular weight is 356 g/mol. The number of aryl methyl sites for hydroxylation is 1. The van der Waals surface area contributed by atoms with Crippen LogP contribution in [0.25, 0.3) is 10.9 Å². The van der Waals surface area contributed by atoms with Crippen molar-refractivity contribution in [3.63, 3.8) is 0 Å². The van der Waals surface area contributed by atoms with Gasteiger partial charge in [0.05, 0.1) is 12.3 Å². The zero-order valence-corrected chi connectivity index (χ0v) is 14.0. The molecule has 0 aliphatic rings. The molecule has 0 aliphatic carbocycles. The fourth-order valence-corrected chi connectivity index (χ4v) is 2.24. The van der Waals surface area contributed by atoms with Gasteiger partial charge in [-0.15, -0.1) is 11.6 Å². The molecule has 128 valence electrons. The third kappa shape index (κ3) is 3.48. The number of rotatable bonds is 6. The van der Waals surface area contributed by atoms with Gasteiger partial charge in [-0.05, 0) is 31.6 Å². The van der Waals surface area contributed by atoms with Gasteiger partial charge in [0.1, 0.15) is 23.4 Å². The maximum Gasteiger partial charge on any atom is 0.343 e. The Morgan fingerprint density at radius 3 is 2.71 bits per heavy atom. The second-order valence-corrected chi connectivity index (χ2v) is 5.32. The van der Waals surface area contributed by atoms with E-state index in [0.29, 0.717) is 5.57 Å². The van der Waals surface area contributed by atoms with Crippen molar-refractivity contribution < 1.29 is 23.0 Å². The molecule has 0 saturated heterocycles. The third-order valence-corrected chi connectivity index (χ3v) is 3.65. The highest BCUT2D eigenvalue weighted by Crippen LogP contribution is 2.33. The van der Waals surface area contributed by atoms with Gasteiger partial charge in [-0.2, -0.15) is 0 Å². The Bertz CT molecular complexity index is 808. The molecule has 0 bridgehead atoms. The van der Waals surface area contributed by atoms with Crippen LogP contribution in [0.5, 0.6) is 5.75 Å². The highest BCUT2D eigenvalue weighted by Gasteiger charge is 2.24. The SMILES string of the molecule is C=C(CCl)COc1c(C(=O)OCC)c(C)nc2c(F)c(F)ccc12. The Kier molecular flexibility index (Phi) is 5.72. The van der Waals surface area contributed by atoms with E-state index in [0.717, 1.165) is 6.07 Å². The minimum absolute atomic E-state index is 0.0213. The highest BCUT2D eigenvalue weighted by atomic mass is 35.5. The quantitative estimate of drug-likeness (QED) is 0.443. The van der Waals surface area contributed by atoms with E-state index in [-0.39, 0.29) is 47.0 Å². The number of alkyl halides is 1. The predicted octanol–water partition coefficient (Wildman–Crippen LogP) is 4.17. The largest absolute Gasteiger partial charge is 0.488 e. The van der Waals surface area contributed by atoms with Gasteiger partial charge in [0, 0.05) is 11.3 Å². The Morgan fingerprint density at radius 1 is 1.38 bits per heavy atom. The van der Waals surface area contributed by atoms with E-state index in [4.69, 9.17) is 21.1 Å². The number of aromatic nitrogens is 1. The van der Waals surface area contributed by atoms with Gasteiger partial charge in [0.25, 0.3) is 0 Å². The van der Waals surface area contributed by atoms with Crippen molar-refractivity contribution in [3.05, 3.63) is 47.2 Å². The summed E-state index contributed by atoms with van der Waals surface area (Å²) >= 11 is 5.67. The topological polar surface area (TPSA) is 48.4 Å². The maximum absolute atomic E-state index is 14.1. The molecule has 0 atom stereocenters. The van der Waals surface area contributed by atoms with E-state index in [1.54, 1.807) is 6.92 Å². The number of nitrogens with zero attached hydrogens (tertiary/aromatic N) is 1. The molecule has 7 heteroatoms. The molecule has 0 N–H and O–H groups in total. The van der Waals surface area contributed by atoms with Crippen LogP contribution in [0.15, 0.2) is 24.3 Å². The van der Waals surface area contributed by atoms with E-state index in [1.165, 1.54) is 13.0 Å². The number of ether oxygens (including phenoxy) is 2. The lowest BCUT2D eigenvalue weighted by Gasteiger charge is -2.16. The molecule has 1 heterocycles. The number of carbonyl (C=O) groups excluding carboxylic acids is 1. The van der Waals surface area contributed by atoms with Gasteiger partial charge in [-0.3, -0.25) is 0 Å². The van der Waals surface area contributed by atoms with E-state index in [2.05, 4.69) is 11.6 Å². The fraction of sp³-hybridized carbons (Fsp3) is 0.294. The minimum Gasteiger partial charge on any atom is -0.488 e. The first-order valence-corrected chi connectivity index (χ1v) is 7.75. The van der Waals surface area contributed by atoms with Crippen LogP contribution in [0.4, 0.5) is 8.78 Å². The molecule has 0 saturated carbocycles. The zero-order valence-electron chi connectivity index (χ0n) is 13.3. The van der Waals surface area contributed by atoms with Gasteiger partial charge >= 0.3 is 5.97 Å². The average Bonchev–Trinajstić information content (AvgIpc) is 2.55. The van der Waals surface area contributed by atoms with Crippen LogP contribution >= 0.6 is 11.6 Å². The molecule has 0 unspecified atom stereocenters. The molecule has 0 amide bonds. The monoisotopic (exact) mass is 355 g/mol. The van der Waals surface area contributed by atoms with Crippen LogP contribution in [-0.2, 0) is 4.74 Å². The first-order valence-electron chi connectivity index (χ1n) is 7.21. The molecule has 0 spiro atoms. The van der Waals surface area contributed by atoms with Crippen molar-refractivity contribution in [2.75, 3.05) is 19.1 Å². The van der Waals surface area contributed by atoms with E-state index in [9.17, 15) is 13.6 Å². The van der Waals surface area contributed by atoms with Crippen molar-refractivity contribution >= 4 is 28.5 Å². The summed E-state index contributed by atoms with van der Waals surface area (Å²) in [5, 5.41) is 0.171. The normalized spacial score (nSPS) is 10.7. The predicted molar refractivity (Wildman–Crippen MR) is 87.7 cm³/mol. The number of esters is 1. The molecule has 2 rings (SSSR count). The summed E-state index contributed by atoms with van der Waals surface area (Å²) in [7, 11) is 0. The molecular weight excluding hydrogens is 340 g/mol. The lowest BCUT2D eigenvalue weighted by atomic mass is 10.1. The van der Waals surface area contributed by atoms with E-state index >= 15 is 0 Å². The van der Waals surface area contributed by atoms with Crippen LogP contribution < -0.4 is 4.74 Å². The number of hydrogen-bond donors (Lipinski definition) is 0. The standard InChI is InChI=1S/C17H16ClF2NO3/c1-4-23-17(22)13-10(3)21-15-11(5-6-12(19)14(15)20)16(13)24-8-9(2)7-18/h5-6H,2,4,7-8H2,1,3H3. The van der Waals surface area contributed by atoms with Crippen molar-refractivity contribution in [3.8, 4) is 5.75 Å². The number of halogens is 3. The summed E-state index contributed by atoms with van der Waals surface area (Å²) in [4.78, 5) is 16.2. The van der Waals surface area contributed by atoms with Crippen LogP contribution in [0, 0.1) is 18.6 Å². The molecule has 4 nitrogen and oxygen atoms in total. The van der Waals surface area contributed by atoms with Crippen molar-refractivity contribution in [2.45, 2.75) is 13.8 Å². The number of carbonyl (C=O) groups is 1. The maximum atomic E-state index is 14.1. The number of hydrogen-bond acceptors (Lipinski definition) is 4. The summed E-state index contributed by atoms with van der Waals surface area (Å²) in [6.45, 7) is 7.05. The van der Waals surface area contributed by atoms with Gasteiger partial charge < -0.3 is 9.47 Å². The van der Waals surface area contributed by atoms with Crippen LogP contribution in [0.3, 0.4) is 0 Å². The second-order valence-electron chi connectivity index (χ2n) is 5.05. The van der Waals surface area contributed by atoms with Crippen molar-refractivity contribution in [2.24, 2.45) is 0 Å². The molecule has 0 radical (unpaired) electrons. The number of benzene rings is 1. The molecule has 24 heavy (non-hydrogen) atoms. The van der Waals surface area contributed by atoms with Gasteiger partial charge in [0.15, 0.2) is 11.6 Å². The van der Waals surface area contributed by atoms with Gasteiger partial charge in [-0.1, -0.05) is 6.58 Å². The van der Waals surface area contributed by atoms with Crippen molar-refractivity contribution in [1.82, 2.24) is 4.98 Å². The molecule has 0 aliphatic heterocycles. The smallest absolute Gasteiger partial charge is 0.343 e. The lowest BCUT2D eigenvalue weighted by Crippen LogP contribution is -2.13. The Morgan fingerprint density at radius 2 is 2.08 bits per heavy atom. The first kappa shape index (κ1) is 18.1. The second kappa shape index (κ2) is 7.57. The molecular formula is C17H16ClF2NO3. The summed E-state index contributed by atoms with van der Waals surface area (Å²) < 4.78 is 38.2. The molecule has 0 fully saturated rings. The Balaban J connectivity index is 2.69. The number of fused-ring (bicyclic) bond motifs is 1. The zero-order chi connectivity index (χ0) is 17.9. The number of pyridine rings is 1. The van der Waals surface area contributed by atoms with Crippen LogP contribution in [0.2, 0.25) is 0 Å². The van der Waals surface area contributed by atoms with Gasteiger partial charge in [0.2, 0.25) is 0 Å². The summed E-state index contributed by atoms with van der Waals surface area (Å²) in [6.07, 6.45) is 0. The molecule has 2 aromatic rings. The minimum atomic E-state index is -1.10. The van der Waals surface area contributed by atoms with E-state index in [1.807, 2.05) is 0 Å². The van der Waals surface area contributed by atoms with Gasteiger partial charge in [-0.25, -0.2) is 18.6 Å². The Hall–Kier alpha value is -2.21. The molecule has 1 aromatic carbocycles. The summed E-state index contributed by atoms with van der Waals surface area (Å²) in [5.41, 5.74) is 0.596. The summed E-state index contributed by atoms with van der Waals surface area (Å²) in [5.74, 6) is -2.55. The van der Waals surface area contributed by atoms with Crippen molar-refractivity contribution in [1.29, 1.82) is 0 Å². The first-order chi connectivity index (χ1) is 11.4. The molecule has 1 aromatic heterocycles. The fourth-order valence-electron chi connectivity index (χ4n) is 2.16. The Labute approximate surface area is 143 Å². The van der Waals surface area contributed by atoms with Crippen LogP contribution in [-0.4, -0.2) is 30.0 Å². The summed E-state index contributed by atoms with van der Waals surface area (Å²) in [6, 6.07) is 2.26. The lowest BCUT2D eigenvalue weighted by molar-refractivity contribution is 0.0521. The third-order valence-electron chi connectivity index (χ3n) is 3.27. The van der Waals surface area contributed by atoms with Crippen LogP contribution in [0.1, 0.15) is 23.0 Å².